The minimum Gasteiger partial charge on any atom is -0.279 e. The van der Waals surface area contributed by atoms with Gasteiger partial charge >= 0.3 is 0 Å². The Bertz CT molecular complexity index is 440. The van der Waals surface area contributed by atoms with E-state index in [0.29, 0.717) is 19.6 Å². The van der Waals surface area contributed by atoms with Gasteiger partial charge in [-0.1, -0.05) is 5.17 Å². The second kappa shape index (κ2) is 6.05. The summed E-state index contributed by atoms with van der Waals surface area (Å²) in [7, 11) is 0. The summed E-state index contributed by atoms with van der Waals surface area (Å²) in [6, 6.07) is 0. The highest BCUT2D eigenvalue weighted by Crippen LogP contribution is 2.23. The van der Waals surface area contributed by atoms with Crippen LogP contribution in [-0.2, 0) is 4.84 Å². The zero-order valence-electron chi connectivity index (χ0n) is 9.15. The van der Waals surface area contributed by atoms with E-state index in [4.69, 9.17) is 16.4 Å². The van der Waals surface area contributed by atoms with E-state index in [9.17, 15) is 10.1 Å². The predicted molar refractivity (Wildman–Crippen MR) is 65.5 cm³/mol. The number of nitro groups is 1. The van der Waals surface area contributed by atoms with Gasteiger partial charge in [0, 0.05) is 18.0 Å². The summed E-state index contributed by atoms with van der Waals surface area (Å²) in [4.78, 5) is 19.6. The fraction of sp³-hybridized carbons (Fsp3) is 0.500. The smallest absolute Gasteiger partial charge is 0.195 e. The van der Waals surface area contributed by atoms with Gasteiger partial charge in [-0.05, 0) is 0 Å². The van der Waals surface area contributed by atoms with Crippen molar-refractivity contribution in [2.75, 3.05) is 13.2 Å². The molecule has 1 N–H and O–H groups in total. The first kappa shape index (κ1) is 13.1. The highest BCUT2D eigenvalue weighted by molar-refractivity contribution is 7.09. The lowest BCUT2D eigenvalue weighted by molar-refractivity contribution is -0.485. The molecule has 0 saturated carbocycles. The minimum absolute atomic E-state index is 0.245. The van der Waals surface area contributed by atoms with Gasteiger partial charge in [0.25, 0.3) is 0 Å². The summed E-state index contributed by atoms with van der Waals surface area (Å²) in [5, 5.41) is 16.3. The Labute approximate surface area is 111 Å². The molecule has 2 rings (SSSR count). The Hall–Kier alpha value is -1.29. The summed E-state index contributed by atoms with van der Waals surface area (Å²) >= 11 is 7.59. The number of hydrazine groups is 1. The SMILES string of the molecule is O=[N+]([O-])/N=C1/CCON(CC(Cl)c2nccs2)N1. The summed E-state index contributed by atoms with van der Waals surface area (Å²) < 4.78 is 0. The van der Waals surface area contributed by atoms with Gasteiger partial charge in [-0.25, -0.2) is 15.1 Å². The number of nitrogens with one attached hydrogen (secondary N) is 1. The molecule has 1 fully saturated rings. The van der Waals surface area contributed by atoms with Gasteiger partial charge < -0.3 is 0 Å². The van der Waals surface area contributed by atoms with E-state index in [0.717, 1.165) is 5.01 Å². The lowest BCUT2D eigenvalue weighted by Gasteiger charge is -2.28. The monoisotopic (exact) mass is 291 g/mol. The molecule has 2 heterocycles. The van der Waals surface area contributed by atoms with Crippen LogP contribution in [0, 0.1) is 10.1 Å². The van der Waals surface area contributed by atoms with Crippen LogP contribution < -0.4 is 5.43 Å². The van der Waals surface area contributed by atoms with Crippen LogP contribution in [0.3, 0.4) is 0 Å². The maximum Gasteiger partial charge on any atom is 0.195 e. The van der Waals surface area contributed by atoms with E-state index in [1.807, 2.05) is 5.38 Å². The van der Waals surface area contributed by atoms with Crippen molar-refractivity contribution < 1.29 is 9.87 Å². The van der Waals surface area contributed by atoms with E-state index in [-0.39, 0.29) is 11.2 Å². The molecule has 0 amide bonds. The Kier molecular flexibility index (Phi) is 4.42. The summed E-state index contributed by atoms with van der Waals surface area (Å²) in [6.07, 6.45) is 2.03. The minimum atomic E-state index is -0.745. The number of nitrogens with zero attached hydrogens (tertiary/aromatic N) is 4. The zero-order valence-corrected chi connectivity index (χ0v) is 10.7. The van der Waals surface area contributed by atoms with Crippen LogP contribution in [0.15, 0.2) is 16.7 Å². The molecular weight excluding hydrogens is 282 g/mol. The number of alkyl halides is 1. The standard InChI is InChI=1S/C8H10ClN5O3S/c9-6(8-10-2-4-18-8)5-13-11-7(1-3-17-13)12-14(15)16/h2,4,6H,1,3,5H2,(H,11,12). The molecular formula is C8H10ClN5O3S. The third-order valence-corrected chi connectivity index (χ3v) is 3.45. The molecule has 98 valence electrons. The molecule has 1 aromatic heterocycles. The summed E-state index contributed by atoms with van der Waals surface area (Å²) in [6.45, 7) is 0.632. The molecule has 1 unspecified atom stereocenters. The first-order chi connectivity index (χ1) is 8.65. The van der Waals surface area contributed by atoms with E-state index < -0.39 is 5.03 Å². The molecule has 1 aliphatic heterocycles. The van der Waals surface area contributed by atoms with Crippen molar-refractivity contribution in [2.24, 2.45) is 5.10 Å². The van der Waals surface area contributed by atoms with E-state index in [2.05, 4.69) is 15.5 Å². The van der Waals surface area contributed by atoms with Crippen LogP contribution in [-0.4, -0.2) is 34.2 Å². The van der Waals surface area contributed by atoms with Gasteiger partial charge in [0.1, 0.15) is 10.4 Å². The number of thiazole rings is 1. The van der Waals surface area contributed by atoms with Crippen molar-refractivity contribution in [1.29, 1.82) is 0 Å². The number of hydroxylamine groups is 1. The Balaban J connectivity index is 1.92. The normalized spacial score (nSPS) is 20.6. The van der Waals surface area contributed by atoms with Gasteiger partial charge in [-0.15, -0.1) is 22.9 Å². The quantitative estimate of drug-likeness (QED) is 0.508. The van der Waals surface area contributed by atoms with E-state index >= 15 is 0 Å². The molecule has 1 saturated heterocycles. The molecule has 0 radical (unpaired) electrons. The summed E-state index contributed by atoms with van der Waals surface area (Å²) in [5.74, 6) is 0.245. The van der Waals surface area contributed by atoms with Crippen LogP contribution >= 0.6 is 22.9 Å². The second-order valence-electron chi connectivity index (χ2n) is 3.38. The fourth-order valence-corrected chi connectivity index (χ4v) is 2.31. The van der Waals surface area contributed by atoms with Crippen molar-refractivity contribution in [3.8, 4) is 0 Å². The molecule has 10 heteroatoms. The van der Waals surface area contributed by atoms with E-state index in [1.54, 1.807) is 6.20 Å². The average molecular weight is 292 g/mol. The van der Waals surface area contributed by atoms with Gasteiger partial charge in [0.2, 0.25) is 0 Å². The highest BCUT2D eigenvalue weighted by Gasteiger charge is 2.22. The molecule has 0 spiro atoms. The topological polar surface area (TPSA) is 92.9 Å². The molecule has 0 bridgehead atoms. The molecule has 1 aliphatic rings. The molecule has 1 atom stereocenters. The Morgan fingerprint density at radius 1 is 1.83 bits per heavy atom. The van der Waals surface area contributed by atoms with Crippen molar-refractivity contribution in [3.63, 3.8) is 0 Å². The van der Waals surface area contributed by atoms with Crippen LogP contribution in [0.5, 0.6) is 0 Å². The van der Waals surface area contributed by atoms with E-state index in [1.165, 1.54) is 16.5 Å². The predicted octanol–water partition coefficient (Wildman–Crippen LogP) is 1.16. The summed E-state index contributed by atoms with van der Waals surface area (Å²) in [5.41, 5.74) is 2.69. The van der Waals surface area contributed by atoms with Crippen LogP contribution in [0.2, 0.25) is 0 Å². The third kappa shape index (κ3) is 3.60. The molecule has 0 aromatic carbocycles. The second-order valence-corrected chi connectivity index (χ2v) is 4.83. The number of hydrogen-bond acceptors (Lipinski definition) is 6. The van der Waals surface area contributed by atoms with Gasteiger partial charge in [-0.3, -0.25) is 10.3 Å². The van der Waals surface area contributed by atoms with Crippen LogP contribution in [0.1, 0.15) is 16.8 Å². The highest BCUT2D eigenvalue weighted by atomic mass is 35.5. The van der Waals surface area contributed by atoms with Crippen molar-refractivity contribution >= 4 is 28.8 Å². The first-order valence-corrected chi connectivity index (χ1v) is 6.39. The Morgan fingerprint density at radius 3 is 3.33 bits per heavy atom. The average Bonchev–Trinajstić information content (AvgIpc) is 2.81. The maximum absolute atomic E-state index is 10.3. The number of rotatable bonds is 4. The lowest BCUT2D eigenvalue weighted by Crippen LogP contribution is -2.48. The molecule has 18 heavy (non-hydrogen) atoms. The number of hydrogen-bond donors (Lipinski definition) is 1. The van der Waals surface area contributed by atoms with Crippen LogP contribution in [0.4, 0.5) is 0 Å². The maximum atomic E-state index is 10.3. The number of aromatic nitrogens is 1. The third-order valence-electron chi connectivity index (χ3n) is 2.09. The molecule has 1 aromatic rings. The molecule has 8 nitrogen and oxygen atoms in total. The number of amidine groups is 1. The van der Waals surface area contributed by atoms with Crippen molar-refractivity contribution in [3.05, 3.63) is 26.7 Å². The van der Waals surface area contributed by atoms with Gasteiger partial charge in [0.15, 0.2) is 10.9 Å². The zero-order chi connectivity index (χ0) is 13.0. The number of halogens is 1. The fourth-order valence-electron chi connectivity index (χ4n) is 1.37. The first-order valence-electron chi connectivity index (χ1n) is 5.07. The number of hydrazone groups is 1. The van der Waals surface area contributed by atoms with Crippen molar-refractivity contribution in [2.45, 2.75) is 11.8 Å². The Morgan fingerprint density at radius 2 is 2.67 bits per heavy atom. The molecule has 0 aliphatic carbocycles. The van der Waals surface area contributed by atoms with Crippen LogP contribution in [0.25, 0.3) is 0 Å². The van der Waals surface area contributed by atoms with Gasteiger partial charge in [-0.2, -0.15) is 0 Å². The lowest BCUT2D eigenvalue weighted by atomic mass is 10.4. The van der Waals surface area contributed by atoms with Gasteiger partial charge in [0.05, 0.1) is 18.3 Å². The largest absolute Gasteiger partial charge is 0.279 e. The van der Waals surface area contributed by atoms with Crippen molar-refractivity contribution in [1.82, 2.24) is 15.6 Å².